The molecule has 4 nitrogen and oxygen atoms in total. The van der Waals surface area contributed by atoms with Crippen molar-refractivity contribution in [3.63, 3.8) is 0 Å². The first-order valence-electron chi connectivity index (χ1n) is 7.79. The van der Waals surface area contributed by atoms with E-state index < -0.39 is 29.1 Å². The largest absolute Gasteiger partial charge is 0.457 e. The fraction of sp³-hybridized carbons (Fsp3) is 0.0526. The van der Waals surface area contributed by atoms with E-state index in [9.17, 15) is 22.0 Å². The molecule has 28 heavy (non-hydrogen) atoms. The third-order valence-corrected chi connectivity index (χ3v) is 3.51. The monoisotopic (exact) mass is 396 g/mol. The maximum atomic E-state index is 13.5. The third kappa shape index (κ3) is 4.61. The first kappa shape index (κ1) is 19.3. The Kier molecular flexibility index (Phi) is 5.00. The van der Waals surface area contributed by atoms with Crippen LogP contribution in [0.2, 0.25) is 0 Å². The minimum Gasteiger partial charge on any atom is -0.457 e. The highest BCUT2D eigenvalue weighted by Crippen LogP contribution is 2.41. The number of halogens is 5. The summed E-state index contributed by atoms with van der Waals surface area (Å²) < 4.78 is 77.3. The van der Waals surface area contributed by atoms with Crippen LogP contribution in [-0.2, 0) is 6.18 Å². The summed E-state index contributed by atoms with van der Waals surface area (Å²) in [7, 11) is 0. The van der Waals surface area contributed by atoms with Crippen LogP contribution in [0.1, 0.15) is 5.56 Å². The molecule has 0 heterocycles. The Morgan fingerprint density at radius 2 is 1.18 bits per heavy atom. The maximum Gasteiger partial charge on any atom is 0.419 e. The van der Waals surface area contributed by atoms with Gasteiger partial charge in [0.1, 0.15) is 34.6 Å². The molecule has 0 radical (unpaired) electrons. The molecule has 0 aromatic heterocycles. The average Bonchev–Trinajstić information content (AvgIpc) is 2.51. The molecule has 0 unspecified atom stereocenters. The van der Waals surface area contributed by atoms with Crippen molar-refractivity contribution >= 4 is 11.4 Å². The van der Waals surface area contributed by atoms with E-state index in [1.807, 2.05) is 0 Å². The summed E-state index contributed by atoms with van der Waals surface area (Å²) in [5, 5.41) is 0. The van der Waals surface area contributed by atoms with Crippen LogP contribution in [0.4, 0.5) is 33.3 Å². The van der Waals surface area contributed by atoms with E-state index in [2.05, 4.69) is 0 Å². The highest BCUT2D eigenvalue weighted by molar-refractivity contribution is 5.50. The lowest BCUT2D eigenvalue weighted by Crippen LogP contribution is -2.07. The van der Waals surface area contributed by atoms with Crippen molar-refractivity contribution in [1.29, 1.82) is 0 Å². The number of anilines is 2. The molecule has 4 N–H and O–H groups in total. The number of rotatable bonds is 4. The minimum atomic E-state index is -4.74. The van der Waals surface area contributed by atoms with Gasteiger partial charge in [0.2, 0.25) is 0 Å². The molecule has 0 aliphatic heterocycles. The standard InChI is InChI=1S/C19H13F5N2O2/c20-10-3-12(25)7-15(5-10)27-14-1-2-17(19(22,23)24)18(9-14)28-16-6-11(21)4-13(26)8-16/h1-9H,25-26H2. The second kappa shape index (κ2) is 7.26. The molecule has 0 aliphatic carbocycles. The first-order valence-corrected chi connectivity index (χ1v) is 7.79. The van der Waals surface area contributed by atoms with Gasteiger partial charge in [0.25, 0.3) is 0 Å². The van der Waals surface area contributed by atoms with Crippen LogP contribution >= 0.6 is 0 Å². The molecule has 9 heteroatoms. The fourth-order valence-corrected chi connectivity index (χ4v) is 2.43. The van der Waals surface area contributed by atoms with Crippen molar-refractivity contribution in [2.45, 2.75) is 6.18 Å². The first-order chi connectivity index (χ1) is 13.1. The molecule has 3 rings (SSSR count). The van der Waals surface area contributed by atoms with Crippen LogP contribution in [0.25, 0.3) is 0 Å². The zero-order valence-electron chi connectivity index (χ0n) is 14.1. The van der Waals surface area contributed by atoms with E-state index in [1.165, 1.54) is 12.1 Å². The lowest BCUT2D eigenvalue weighted by molar-refractivity contribution is -0.138. The Labute approximate surface area is 156 Å². The summed E-state index contributed by atoms with van der Waals surface area (Å²) in [5.74, 6) is -2.40. The lowest BCUT2D eigenvalue weighted by atomic mass is 10.1. The molecule has 0 atom stereocenters. The van der Waals surface area contributed by atoms with E-state index in [0.717, 1.165) is 42.5 Å². The second-order valence-electron chi connectivity index (χ2n) is 5.80. The summed E-state index contributed by atoms with van der Waals surface area (Å²) >= 11 is 0. The Morgan fingerprint density at radius 1 is 0.643 bits per heavy atom. The number of benzene rings is 3. The van der Waals surface area contributed by atoms with E-state index in [1.54, 1.807) is 0 Å². The summed E-state index contributed by atoms with van der Waals surface area (Å²) in [6, 6.07) is 9.14. The molecular weight excluding hydrogens is 383 g/mol. The molecule has 146 valence electrons. The highest BCUT2D eigenvalue weighted by atomic mass is 19.4. The second-order valence-corrected chi connectivity index (χ2v) is 5.80. The quantitative estimate of drug-likeness (QED) is 0.436. The van der Waals surface area contributed by atoms with Crippen molar-refractivity contribution in [3.8, 4) is 23.0 Å². The summed E-state index contributed by atoms with van der Waals surface area (Å²) in [4.78, 5) is 0. The predicted molar refractivity (Wildman–Crippen MR) is 93.2 cm³/mol. The van der Waals surface area contributed by atoms with Crippen LogP contribution in [-0.4, -0.2) is 0 Å². The van der Waals surface area contributed by atoms with Crippen molar-refractivity contribution < 1.29 is 31.4 Å². The van der Waals surface area contributed by atoms with E-state index >= 15 is 0 Å². The molecule has 0 fully saturated rings. The fourth-order valence-electron chi connectivity index (χ4n) is 2.43. The van der Waals surface area contributed by atoms with Crippen LogP contribution in [0.15, 0.2) is 54.6 Å². The van der Waals surface area contributed by atoms with Gasteiger partial charge in [0, 0.05) is 41.7 Å². The van der Waals surface area contributed by atoms with Gasteiger partial charge in [0.15, 0.2) is 0 Å². The van der Waals surface area contributed by atoms with Crippen molar-refractivity contribution in [1.82, 2.24) is 0 Å². The third-order valence-electron chi connectivity index (χ3n) is 3.51. The van der Waals surface area contributed by atoms with Crippen molar-refractivity contribution in [3.05, 3.63) is 71.8 Å². The topological polar surface area (TPSA) is 70.5 Å². The van der Waals surface area contributed by atoms with Gasteiger partial charge >= 0.3 is 6.18 Å². The SMILES string of the molecule is Nc1cc(F)cc(Oc2ccc(C(F)(F)F)c(Oc3cc(N)cc(F)c3)c2)c1. The van der Waals surface area contributed by atoms with Gasteiger partial charge in [-0.2, -0.15) is 13.2 Å². The molecule has 0 bridgehead atoms. The summed E-state index contributed by atoms with van der Waals surface area (Å²) in [6.07, 6.45) is -4.74. The van der Waals surface area contributed by atoms with E-state index in [0.29, 0.717) is 0 Å². The van der Waals surface area contributed by atoms with Crippen LogP contribution < -0.4 is 20.9 Å². The zero-order chi connectivity index (χ0) is 20.5. The van der Waals surface area contributed by atoms with Gasteiger partial charge in [-0.05, 0) is 24.3 Å². The Bertz CT molecular complexity index is 981. The molecule has 0 saturated heterocycles. The van der Waals surface area contributed by atoms with E-state index in [-0.39, 0.29) is 28.6 Å². The number of hydrogen-bond donors (Lipinski definition) is 2. The number of ether oxygens (including phenoxy) is 2. The Balaban J connectivity index is 1.99. The van der Waals surface area contributed by atoms with Crippen molar-refractivity contribution in [2.24, 2.45) is 0 Å². The number of alkyl halides is 3. The maximum absolute atomic E-state index is 13.5. The van der Waals surface area contributed by atoms with Gasteiger partial charge in [-0.15, -0.1) is 0 Å². The predicted octanol–water partition coefficient (Wildman–Crippen LogP) is 5.73. The van der Waals surface area contributed by atoms with Crippen LogP contribution in [0.3, 0.4) is 0 Å². The van der Waals surface area contributed by atoms with Crippen molar-refractivity contribution in [2.75, 3.05) is 11.5 Å². The summed E-state index contributed by atoms with van der Waals surface area (Å²) in [5.41, 5.74) is 9.94. The molecule has 3 aromatic rings. The van der Waals surface area contributed by atoms with Gasteiger partial charge < -0.3 is 20.9 Å². The van der Waals surface area contributed by atoms with Crippen LogP contribution in [0.5, 0.6) is 23.0 Å². The summed E-state index contributed by atoms with van der Waals surface area (Å²) in [6.45, 7) is 0. The average molecular weight is 396 g/mol. The molecule has 0 amide bonds. The smallest absolute Gasteiger partial charge is 0.419 e. The minimum absolute atomic E-state index is 0.0155. The molecule has 0 saturated carbocycles. The molecule has 3 aromatic carbocycles. The van der Waals surface area contributed by atoms with Gasteiger partial charge in [-0.1, -0.05) is 0 Å². The van der Waals surface area contributed by atoms with E-state index in [4.69, 9.17) is 20.9 Å². The zero-order valence-corrected chi connectivity index (χ0v) is 14.1. The van der Waals surface area contributed by atoms with Gasteiger partial charge in [0.05, 0.1) is 5.56 Å². The molecule has 0 spiro atoms. The molecular formula is C19H13F5N2O2. The Hall–Kier alpha value is -3.49. The number of hydrogen-bond acceptors (Lipinski definition) is 4. The van der Waals surface area contributed by atoms with Crippen LogP contribution in [0, 0.1) is 11.6 Å². The molecule has 0 aliphatic rings. The van der Waals surface area contributed by atoms with Gasteiger partial charge in [-0.3, -0.25) is 0 Å². The Morgan fingerprint density at radius 3 is 1.68 bits per heavy atom. The van der Waals surface area contributed by atoms with Gasteiger partial charge in [-0.25, -0.2) is 8.78 Å². The highest BCUT2D eigenvalue weighted by Gasteiger charge is 2.35. The normalized spacial score (nSPS) is 11.3. The number of nitrogens with two attached hydrogens (primary N) is 2. The number of nitrogen functional groups attached to an aromatic ring is 2. The lowest BCUT2D eigenvalue weighted by Gasteiger charge is -2.16.